The van der Waals surface area contributed by atoms with E-state index in [0.717, 1.165) is 44.8 Å². The first kappa shape index (κ1) is 19.6. The summed E-state index contributed by atoms with van der Waals surface area (Å²) in [4.78, 5) is 15.7. The summed E-state index contributed by atoms with van der Waals surface area (Å²) >= 11 is 0. The second-order valence-electron chi connectivity index (χ2n) is 7.48. The molecular weight excluding hydrogens is 344 g/mol. The molecule has 0 saturated heterocycles. The topological polar surface area (TPSA) is 79.4 Å². The second-order valence-corrected chi connectivity index (χ2v) is 7.48. The van der Waals surface area contributed by atoms with E-state index in [9.17, 15) is 9.90 Å². The smallest absolute Gasteiger partial charge is 0.225 e. The van der Waals surface area contributed by atoms with Gasteiger partial charge in [0.05, 0.1) is 30.6 Å². The van der Waals surface area contributed by atoms with Crippen LogP contribution in [0.15, 0.2) is 12.3 Å². The van der Waals surface area contributed by atoms with Crippen LogP contribution in [0.5, 0.6) is 0 Å². The minimum absolute atomic E-state index is 0.0585. The van der Waals surface area contributed by atoms with Gasteiger partial charge in [-0.15, -0.1) is 0 Å². The van der Waals surface area contributed by atoms with Crippen molar-refractivity contribution in [2.45, 2.75) is 59.0 Å². The van der Waals surface area contributed by atoms with Gasteiger partial charge in [0.25, 0.3) is 0 Å². The fourth-order valence-corrected chi connectivity index (χ4v) is 3.41. The van der Waals surface area contributed by atoms with Crippen molar-refractivity contribution in [3.63, 3.8) is 0 Å². The predicted molar refractivity (Wildman–Crippen MR) is 102 cm³/mol. The number of aryl methyl sites for hydroxylation is 1. The summed E-state index contributed by atoms with van der Waals surface area (Å²) in [6, 6.07) is 1.92. The number of aliphatic hydroxyl groups is 1. The molecule has 27 heavy (non-hydrogen) atoms. The van der Waals surface area contributed by atoms with Crippen LogP contribution in [-0.4, -0.2) is 61.0 Å². The molecule has 8 nitrogen and oxygen atoms in total. The predicted octanol–water partition coefficient (Wildman–Crippen LogP) is 1.33. The third-order valence-corrected chi connectivity index (χ3v) is 5.14. The molecule has 0 radical (unpaired) electrons. The minimum atomic E-state index is -0.860. The summed E-state index contributed by atoms with van der Waals surface area (Å²) in [6.45, 7) is 8.56. The number of amides is 1. The number of hydrogen-bond donors (Lipinski definition) is 1. The van der Waals surface area contributed by atoms with Gasteiger partial charge in [0, 0.05) is 51.5 Å². The highest BCUT2D eigenvalue weighted by atomic mass is 16.3. The van der Waals surface area contributed by atoms with Crippen molar-refractivity contribution in [1.82, 2.24) is 29.4 Å². The van der Waals surface area contributed by atoms with Crippen LogP contribution in [0.4, 0.5) is 0 Å². The summed E-state index contributed by atoms with van der Waals surface area (Å²) in [5.74, 6) is -0.102. The molecule has 0 fully saturated rings. The first-order valence-electron chi connectivity index (χ1n) is 9.57. The molecular formula is C19H30N6O2. The molecule has 8 heteroatoms. The lowest BCUT2D eigenvalue weighted by Gasteiger charge is -2.27. The van der Waals surface area contributed by atoms with Crippen molar-refractivity contribution >= 4 is 5.91 Å². The Labute approximate surface area is 160 Å². The number of nitrogens with zero attached hydrogens (tertiary/aromatic N) is 6. The van der Waals surface area contributed by atoms with Crippen LogP contribution in [0.3, 0.4) is 0 Å². The molecule has 0 bridgehead atoms. The van der Waals surface area contributed by atoms with E-state index >= 15 is 0 Å². The van der Waals surface area contributed by atoms with E-state index in [2.05, 4.69) is 33.6 Å². The molecule has 0 spiro atoms. The number of aromatic nitrogens is 4. The van der Waals surface area contributed by atoms with Gasteiger partial charge >= 0.3 is 0 Å². The number of carbonyl (C=O) groups is 1. The molecule has 1 atom stereocenters. The number of hydrogen-bond acceptors (Lipinski definition) is 5. The van der Waals surface area contributed by atoms with Crippen molar-refractivity contribution < 1.29 is 9.90 Å². The Balaban J connectivity index is 1.65. The summed E-state index contributed by atoms with van der Waals surface area (Å²) < 4.78 is 4.02. The van der Waals surface area contributed by atoms with E-state index in [0.29, 0.717) is 5.69 Å². The first-order chi connectivity index (χ1) is 12.9. The molecule has 1 amide bonds. The van der Waals surface area contributed by atoms with Crippen molar-refractivity contribution in [3.8, 4) is 0 Å². The number of fused-ring (bicyclic) bond motifs is 1. The quantitative estimate of drug-likeness (QED) is 0.791. The highest BCUT2D eigenvalue weighted by molar-refractivity contribution is 5.76. The van der Waals surface area contributed by atoms with Gasteiger partial charge in [0.2, 0.25) is 5.91 Å². The number of aliphatic hydroxyl groups excluding tert-OH is 1. The van der Waals surface area contributed by atoms with Crippen molar-refractivity contribution in [2.24, 2.45) is 0 Å². The molecule has 3 heterocycles. The van der Waals surface area contributed by atoms with Gasteiger partial charge < -0.3 is 10.0 Å². The molecule has 0 aliphatic carbocycles. The Morgan fingerprint density at radius 2 is 2.15 bits per heavy atom. The van der Waals surface area contributed by atoms with Crippen molar-refractivity contribution in [1.29, 1.82) is 0 Å². The Bertz CT molecular complexity index is 794. The molecule has 1 N–H and O–H groups in total. The normalized spacial score (nSPS) is 15.6. The zero-order valence-electron chi connectivity index (χ0n) is 16.7. The van der Waals surface area contributed by atoms with Crippen LogP contribution in [-0.2, 0) is 31.0 Å². The van der Waals surface area contributed by atoms with E-state index in [1.54, 1.807) is 14.1 Å². The number of rotatable bonds is 7. The molecule has 1 aliphatic heterocycles. The van der Waals surface area contributed by atoms with Crippen LogP contribution in [0.25, 0.3) is 0 Å². The molecule has 1 aliphatic rings. The van der Waals surface area contributed by atoms with Crippen LogP contribution in [0.1, 0.15) is 48.5 Å². The fraction of sp³-hybridized carbons (Fsp3) is 0.632. The van der Waals surface area contributed by atoms with Gasteiger partial charge in [-0.1, -0.05) is 6.92 Å². The van der Waals surface area contributed by atoms with Crippen molar-refractivity contribution in [2.75, 3.05) is 20.6 Å². The third-order valence-electron chi connectivity index (χ3n) is 5.14. The molecule has 1 unspecified atom stereocenters. The fourth-order valence-electron chi connectivity index (χ4n) is 3.41. The zero-order chi connectivity index (χ0) is 19.6. The molecule has 2 aromatic heterocycles. The summed E-state index contributed by atoms with van der Waals surface area (Å²) in [5.41, 5.74) is 4.14. The zero-order valence-corrected chi connectivity index (χ0v) is 16.7. The van der Waals surface area contributed by atoms with Gasteiger partial charge in [-0.25, -0.2) is 0 Å². The Morgan fingerprint density at radius 1 is 1.37 bits per heavy atom. The lowest BCUT2D eigenvalue weighted by atomic mass is 10.1. The van der Waals surface area contributed by atoms with Gasteiger partial charge in [-0.2, -0.15) is 10.2 Å². The van der Waals surface area contributed by atoms with E-state index in [1.807, 2.05) is 16.9 Å². The minimum Gasteiger partial charge on any atom is -0.386 e. The maximum absolute atomic E-state index is 11.8. The molecule has 148 valence electrons. The molecule has 3 rings (SSSR count). The van der Waals surface area contributed by atoms with Crippen LogP contribution < -0.4 is 0 Å². The first-order valence-corrected chi connectivity index (χ1v) is 9.57. The monoisotopic (exact) mass is 374 g/mol. The largest absolute Gasteiger partial charge is 0.386 e. The summed E-state index contributed by atoms with van der Waals surface area (Å²) in [6.07, 6.45) is 2.25. The SMILES string of the molecule is CCCn1ncc(CN2CCn3nc(C(O)CC(=O)N(C)C)cc3C2)c1C. The summed E-state index contributed by atoms with van der Waals surface area (Å²) in [5, 5.41) is 19.3. The lowest BCUT2D eigenvalue weighted by Crippen LogP contribution is -2.33. The highest BCUT2D eigenvalue weighted by Gasteiger charge is 2.23. The standard InChI is InChI=1S/C19H30N6O2/c1-5-6-24-14(2)15(11-20-24)12-23-7-8-25-16(13-23)9-17(21-25)18(26)10-19(27)22(3)4/h9,11,18,26H,5-8,10,12-13H2,1-4H3. The van der Waals surface area contributed by atoms with E-state index in [1.165, 1.54) is 16.2 Å². The van der Waals surface area contributed by atoms with Gasteiger partial charge in [-0.05, 0) is 19.4 Å². The van der Waals surface area contributed by atoms with Crippen LogP contribution in [0, 0.1) is 6.92 Å². The Hall–Kier alpha value is -2.19. The van der Waals surface area contributed by atoms with E-state index in [-0.39, 0.29) is 12.3 Å². The van der Waals surface area contributed by atoms with Gasteiger partial charge in [-0.3, -0.25) is 19.1 Å². The van der Waals surface area contributed by atoms with Crippen LogP contribution >= 0.6 is 0 Å². The Kier molecular flexibility index (Phi) is 5.96. The number of carbonyl (C=O) groups excluding carboxylic acids is 1. The van der Waals surface area contributed by atoms with Crippen LogP contribution in [0.2, 0.25) is 0 Å². The molecule has 0 saturated carbocycles. The van der Waals surface area contributed by atoms with Crippen molar-refractivity contribution in [3.05, 3.63) is 34.9 Å². The van der Waals surface area contributed by atoms with Gasteiger partial charge in [0.15, 0.2) is 0 Å². The maximum Gasteiger partial charge on any atom is 0.225 e. The molecule has 0 aromatic carbocycles. The second kappa shape index (κ2) is 8.22. The Morgan fingerprint density at radius 3 is 2.85 bits per heavy atom. The highest BCUT2D eigenvalue weighted by Crippen LogP contribution is 2.22. The molecule has 2 aromatic rings. The average molecular weight is 374 g/mol. The van der Waals surface area contributed by atoms with Gasteiger partial charge in [0.1, 0.15) is 6.10 Å². The maximum atomic E-state index is 11.8. The average Bonchev–Trinajstić information content (AvgIpc) is 3.20. The lowest BCUT2D eigenvalue weighted by molar-refractivity contribution is -0.130. The van der Waals surface area contributed by atoms with E-state index in [4.69, 9.17) is 0 Å². The summed E-state index contributed by atoms with van der Waals surface area (Å²) in [7, 11) is 3.38. The van der Waals surface area contributed by atoms with E-state index < -0.39 is 6.10 Å². The third kappa shape index (κ3) is 4.39.